The van der Waals surface area contributed by atoms with Gasteiger partial charge in [-0.3, -0.25) is 0 Å². The minimum Gasteiger partial charge on any atom is -0.314 e. The molecule has 1 aliphatic heterocycles. The lowest BCUT2D eigenvalue weighted by Crippen LogP contribution is -2.35. The van der Waals surface area contributed by atoms with Crippen LogP contribution >= 0.6 is 0 Å². The molecule has 0 saturated carbocycles. The molecule has 0 radical (unpaired) electrons. The van der Waals surface area contributed by atoms with Crippen LogP contribution in [0.5, 0.6) is 0 Å². The summed E-state index contributed by atoms with van der Waals surface area (Å²) in [6.07, 6.45) is 16.0. The predicted octanol–water partition coefficient (Wildman–Crippen LogP) is 4.91. The maximum atomic E-state index is 3.54. The van der Waals surface area contributed by atoms with Gasteiger partial charge in [0.05, 0.1) is 0 Å². The van der Waals surface area contributed by atoms with Crippen molar-refractivity contribution in [3.8, 4) is 0 Å². The summed E-state index contributed by atoms with van der Waals surface area (Å²) >= 11 is 0. The maximum Gasteiger partial charge on any atom is 0.00413 e. The zero-order chi connectivity index (χ0) is 12.3. The van der Waals surface area contributed by atoms with Gasteiger partial charge in [0, 0.05) is 6.04 Å². The molecule has 1 N–H and O–H groups in total. The van der Waals surface area contributed by atoms with Crippen molar-refractivity contribution in [1.82, 2.24) is 5.32 Å². The SMILES string of the molecule is CCCCCCCCCCC1CCNC(C)C1. The standard InChI is InChI=1S/C16H33N/c1-3-4-5-6-7-8-9-10-11-16-12-13-17-15(2)14-16/h15-17H,3-14H2,1-2H3. The first-order chi connectivity index (χ1) is 8.33. The molecule has 0 aromatic carbocycles. The molecule has 2 unspecified atom stereocenters. The summed E-state index contributed by atoms with van der Waals surface area (Å²) in [6.45, 7) is 5.88. The normalized spacial score (nSPS) is 25.1. The first-order valence-electron chi connectivity index (χ1n) is 8.06. The van der Waals surface area contributed by atoms with Gasteiger partial charge in [-0.15, -0.1) is 0 Å². The molecular formula is C16H33N. The van der Waals surface area contributed by atoms with Crippen LogP contribution in [0.25, 0.3) is 0 Å². The largest absolute Gasteiger partial charge is 0.314 e. The Morgan fingerprint density at radius 1 is 0.941 bits per heavy atom. The van der Waals surface area contributed by atoms with Crippen molar-refractivity contribution in [3.63, 3.8) is 0 Å². The Balaban J connectivity index is 1.83. The number of nitrogens with one attached hydrogen (secondary N) is 1. The average molecular weight is 239 g/mol. The van der Waals surface area contributed by atoms with E-state index >= 15 is 0 Å². The quantitative estimate of drug-likeness (QED) is 0.564. The third-order valence-electron chi connectivity index (χ3n) is 4.20. The molecule has 102 valence electrons. The van der Waals surface area contributed by atoms with Crippen LogP contribution in [0, 0.1) is 5.92 Å². The second-order valence-electron chi connectivity index (χ2n) is 6.01. The Hall–Kier alpha value is -0.0400. The van der Waals surface area contributed by atoms with Gasteiger partial charge in [0.2, 0.25) is 0 Å². The first kappa shape index (κ1) is 15.0. The second kappa shape index (κ2) is 9.94. The molecular weight excluding hydrogens is 206 g/mol. The summed E-state index contributed by atoms with van der Waals surface area (Å²) in [6, 6.07) is 0.766. The molecule has 0 aromatic rings. The van der Waals surface area contributed by atoms with E-state index in [1.165, 1.54) is 77.2 Å². The van der Waals surface area contributed by atoms with Crippen molar-refractivity contribution in [2.45, 2.75) is 90.5 Å². The maximum absolute atomic E-state index is 3.54. The summed E-state index contributed by atoms with van der Waals surface area (Å²) in [4.78, 5) is 0. The van der Waals surface area contributed by atoms with Crippen LogP contribution < -0.4 is 5.32 Å². The first-order valence-corrected chi connectivity index (χ1v) is 8.06. The van der Waals surface area contributed by atoms with Gasteiger partial charge < -0.3 is 5.32 Å². The Labute approximate surface area is 109 Å². The fourth-order valence-electron chi connectivity index (χ4n) is 3.06. The molecule has 17 heavy (non-hydrogen) atoms. The minimum absolute atomic E-state index is 0.766. The highest BCUT2D eigenvalue weighted by Gasteiger charge is 2.17. The Morgan fingerprint density at radius 2 is 1.59 bits per heavy atom. The summed E-state index contributed by atoms with van der Waals surface area (Å²) in [5.74, 6) is 1.02. The summed E-state index contributed by atoms with van der Waals surface area (Å²) in [7, 11) is 0. The van der Waals surface area contributed by atoms with Crippen molar-refractivity contribution in [2.75, 3.05) is 6.54 Å². The van der Waals surface area contributed by atoms with E-state index in [4.69, 9.17) is 0 Å². The highest BCUT2D eigenvalue weighted by molar-refractivity contribution is 4.74. The van der Waals surface area contributed by atoms with Crippen LogP contribution in [0.2, 0.25) is 0 Å². The lowest BCUT2D eigenvalue weighted by atomic mass is 9.88. The van der Waals surface area contributed by atoms with Crippen molar-refractivity contribution < 1.29 is 0 Å². The van der Waals surface area contributed by atoms with Crippen LogP contribution in [0.3, 0.4) is 0 Å². The van der Waals surface area contributed by atoms with Gasteiger partial charge >= 0.3 is 0 Å². The smallest absolute Gasteiger partial charge is 0.00413 e. The summed E-state index contributed by atoms with van der Waals surface area (Å²) < 4.78 is 0. The Morgan fingerprint density at radius 3 is 2.24 bits per heavy atom. The van der Waals surface area contributed by atoms with E-state index in [9.17, 15) is 0 Å². The fourth-order valence-corrected chi connectivity index (χ4v) is 3.06. The summed E-state index contributed by atoms with van der Waals surface area (Å²) in [5.41, 5.74) is 0. The van der Waals surface area contributed by atoms with Crippen LogP contribution in [0.15, 0.2) is 0 Å². The van der Waals surface area contributed by atoms with E-state index in [0.29, 0.717) is 0 Å². The van der Waals surface area contributed by atoms with E-state index in [0.717, 1.165) is 12.0 Å². The van der Waals surface area contributed by atoms with E-state index in [-0.39, 0.29) is 0 Å². The number of rotatable bonds is 9. The Kier molecular flexibility index (Phi) is 8.78. The van der Waals surface area contributed by atoms with Crippen molar-refractivity contribution in [3.05, 3.63) is 0 Å². The molecule has 0 bridgehead atoms. The molecule has 0 amide bonds. The van der Waals surface area contributed by atoms with E-state index < -0.39 is 0 Å². The zero-order valence-corrected chi connectivity index (χ0v) is 12.1. The fraction of sp³-hybridized carbons (Fsp3) is 1.00. The second-order valence-corrected chi connectivity index (χ2v) is 6.01. The molecule has 1 nitrogen and oxygen atoms in total. The third-order valence-corrected chi connectivity index (χ3v) is 4.20. The van der Waals surface area contributed by atoms with Gasteiger partial charge in [-0.25, -0.2) is 0 Å². The number of hydrogen-bond acceptors (Lipinski definition) is 1. The molecule has 2 atom stereocenters. The van der Waals surface area contributed by atoms with E-state index in [2.05, 4.69) is 19.2 Å². The van der Waals surface area contributed by atoms with Gasteiger partial charge in [-0.05, 0) is 32.2 Å². The third kappa shape index (κ3) is 7.81. The van der Waals surface area contributed by atoms with Gasteiger partial charge in [-0.1, -0.05) is 64.7 Å². The van der Waals surface area contributed by atoms with Crippen LogP contribution in [-0.2, 0) is 0 Å². The molecule has 1 heterocycles. The minimum atomic E-state index is 0.766. The zero-order valence-electron chi connectivity index (χ0n) is 12.1. The van der Waals surface area contributed by atoms with Crippen LogP contribution in [-0.4, -0.2) is 12.6 Å². The van der Waals surface area contributed by atoms with Crippen molar-refractivity contribution >= 4 is 0 Å². The van der Waals surface area contributed by atoms with Gasteiger partial charge in [0.1, 0.15) is 0 Å². The average Bonchev–Trinajstić information content (AvgIpc) is 2.33. The van der Waals surface area contributed by atoms with Gasteiger partial charge in [-0.2, -0.15) is 0 Å². The van der Waals surface area contributed by atoms with E-state index in [1.807, 2.05) is 0 Å². The highest BCUT2D eigenvalue weighted by atomic mass is 14.9. The molecule has 0 aliphatic carbocycles. The molecule has 1 aliphatic rings. The lowest BCUT2D eigenvalue weighted by molar-refractivity contribution is 0.293. The molecule has 1 rings (SSSR count). The number of unbranched alkanes of at least 4 members (excludes halogenated alkanes) is 7. The molecule has 0 spiro atoms. The highest BCUT2D eigenvalue weighted by Crippen LogP contribution is 2.22. The summed E-state index contributed by atoms with van der Waals surface area (Å²) in [5, 5.41) is 3.54. The van der Waals surface area contributed by atoms with Gasteiger partial charge in [0.15, 0.2) is 0 Å². The van der Waals surface area contributed by atoms with Crippen molar-refractivity contribution in [1.29, 1.82) is 0 Å². The molecule has 1 fully saturated rings. The lowest BCUT2D eigenvalue weighted by Gasteiger charge is -2.27. The Bertz CT molecular complexity index is 167. The van der Waals surface area contributed by atoms with E-state index in [1.54, 1.807) is 0 Å². The van der Waals surface area contributed by atoms with Crippen LogP contribution in [0.4, 0.5) is 0 Å². The number of piperidine rings is 1. The van der Waals surface area contributed by atoms with Crippen LogP contribution in [0.1, 0.15) is 84.5 Å². The predicted molar refractivity (Wildman–Crippen MR) is 77.4 cm³/mol. The van der Waals surface area contributed by atoms with Crippen molar-refractivity contribution in [2.24, 2.45) is 5.92 Å². The molecule has 0 aromatic heterocycles. The number of hydrogen-bond donors (Lipinski definition) is 1. The van der Waals surface area contributed by atoms with Gasteiger partial charge in [0.25, 0.3) is 0 Å². The molecule has 1 heteroatoms. The topological polar surface area (TPSA) is 12.0 Å². The molecule has 1 saturated heterocycles. The monoisotopic (exact) mass is 239 g/mol.